The fraction of sp³-hybridized carbons (Fsp3) is 0.471. The molecule has 9 nitrogen and oxygen atoms in total. The van der Waals surface area contributed by atoms with Crippen LogP contribution in [0.4, 0.5) is 5.69 Å². The molecule has 1 saturated heterocycles. The maximum Gasteiger partial charge on any atom is 0.303 e. The van der Waals surface area contributed by atoms with Crippen molar-refractivity contribution >= 4 is 23.6 Å². The SMILES string of the molecule is CC(=O)O[C@@H]1[C@@H](OC(C)=O)[C@H](Oc2ccc(N)cc2)OC[C@H]1OC(C)=O. The van der Waals surface area contributed by atoms with Crippen LogP contribution in [-0.4, -0.2) is 49.1 Å². The van der Waals surface area contributed by atoms with Gasteiger partial charge in [-0.05, 0) is 24.3 Å². The zero-order valence-corrected chi connectivity index (χ0v) is 14.7. The predicted molar refractivity (Wildman–Crippen MR) is 87.9 cm³/mol. The highest BCUT2D eigenvalue weighted by Gasteiger charge is 2.48. The number of nitrogens with two attached hydrogens (primary N) is 1. The number of hydrogen-bond donors (Lipinski definition) is 1. The zero-order chi connectivity index (χ0) is 19.3. The van der Waals surface area contributed by atoms with E-state index in [2.05, 4.69) is 0 Å². The molecule has 1 heterocycles. The molecular formula is C17H21NO8. The van der Waals surface area contributed by atoms with Gasteiger partial charge in [-0.3, -0.25) is 14.4 Å². The molecule has 0 spiro atoms. The van der Waals surface area contributed by atoms with Crippen LogP contribution in [0.25, 0.3) is 0 Å². The van der Waals surface area contributed by atoms with Crippen LogP contribution in [-0.2, 0) is 33.3 Å². The number of carbonyl (C=O) groups is 3. The molecule has 0 amide bonds. The minimum atomic E-state index is -1.13. The second-order valence-corrected chi connectivity index (χ2v) is 5.68. The van der Waals surface area contributed by atoms with Crippen molar-refractivity contribution in [3.63, 3.8) is 0 Å². The molecule has 2 rings (SSSR count). The minimum absolute atomic E-state index is 0.102. The highest BCUT2D eigenvalue weighted by molar-refractivity contribution is 5.68. The van der Waals surface area contributed by atoms with Gasteiger partial charge in [0.1, 0.15) is 5.75 Å². The second kappa shape index (κ2) is 8.52. The Balaban J connectivity index is 2.25. The van der Waals surface area contributed by atoms with Gasteiger partial charge in [0.15, 0.2) is 12.2 Å². The minimum Gasteiger partial charge on any atom is -0.461 e. The Kier molecular flexibility index (Phi) is 6.40. The van der Waals surface area contributed by atoms with Crippen LogP contribution in [0.3, 0.4) is 0 Å². The smallest absolute Gasteiger partial charge is 0.303 e. The number of carbonyl (C=O) groups excluding carboxylic acids is 3. The Morgan fingerprint density at radius 1 is 0.923 bits per heavy atom. The molecule has 1 aliphatic heterocycles. The van der Waals surface area contributed by atoms with Gasteiger partial charge >= 0.3 is 17.9 Å². The van der Waals surface area contributed by atoms with Crippen LogP contribution in [0, 0.1) is 0 Å². The molecule has 26 heavy (non-hydrogen) atoms. The van der Waals surface area contributed by atoms with E-state index in [1.165, 1.54) is 20.8 Å². The van der Waals surface area contributed by atoms with Crippen molar-refractivity contribution in [2.45, 2.75) is 45.4 Å². The molecule has 0 radical (unpaired) electrons. The van der Waals surface area contributed by atoms with Crippen molar-refractivity contribution in [1.82, 2.24) is 0 Å². The monoisotopic (exact) mass is 367 g/mol. The van der Waals surface area contributed by atoms with Crippen molar-refractivity contribution < 1.29 is 38.1 Å². The van der Waals surface area contributed by atoms with Gasteiger partial charge in [-0.15, -0.1) is 0 Å². The van der Waals surface area contributed by atoms with Gasteiger partial charge in [-0.2, -0.15) is 0 Å². The highest BCUT2D eigenvalue weighted by atomic mass is 16.7. The standard InChI is InChI=1S/C17H21NO8/c1-9(19)23-14-8-22-17(26-13-6-4-12(18)5-7-13)16(25-11(3)21)15(14)24-10(2)20/h4-7,14-17H,8,18H2,1-3H3/t14-,15+,16-,17+/m1/s1. The lowest BCUT2D eigenvalue weighted by molar-refractivity contribution is -0.259. The first-order valence-electron chi connectivity index (χ1n) is 7.91. The van der Waals surface area contributed by atoms with Crippen LogP contribution >= 0.6 is 0 Å². The Labute approximate surface area is 150 Å². The topological polar surface area (TPSA) is 123 Å². The number of benzene rings is 1. The third-order valence-corrected chi connectivity index (χ3v) is 3.44. The molecule has 0 saturated carbocycles. The maximum absolute atomic E-state index is 11.5. The van der Waals surface area contributed by atoms with E-state index >= 15 is 0 Å². The van der Waals surface area contributed by atoms with Gasteiger partial charge in [-0.25, -0.2) is 0 Å². The lowest BCUT2D eigenvalue weighted by Gasteiger charge is -2.40. The summed E-state index contributed by atoms with van der Waals surface area (Å²) in [5.74, 6) is -1.44. The van der Waals surface area contributed by atoms with Crippen molar-refractivity contribution in [2.75, 3.05) is 12.3 Å². The lowest BCUT2D eigenvalue weighted by Crippen LogP contribution is -2.59. The van der Waals surface area contributed by atoms with Crippen molar-refractivity contribution in [1.29, 1.82) is 0 Å². The molecule has 0 bridgehead atoms. The molecule has 0 unspecified atom stereocenters. The summed E-state index contributed by atoms with van der Waals surface area (Å²) in [5, 5.41) is 0. The summed E-state index contributed by atoms with van der Waals surface area (Å²) in [5.41, 5.74) is 6.18. The number of nitrogen functional groups attached to an aromatic ring is 1. The number of hydrogen-bond acceptors (Lipinski definition) is 9. The van der Waals surface area contributed by atoms with E-state index < -0.39 is 42.5 Å². The average Bonchev–Trinajstić information content (AvgIpc) is 2.53. The van der Waals surface area contributed by atoms with E-state index in [-0.39, 0.29) is 6.61 Å². The van der Waals surface area contributed by atoms with Crippen molar-refractivity contribution in [2.24, 2.45) is 0 Å². The summed E-state index contributed by atoms with van der Waals surface area (Å²) < 4.78 is 26.9. The number of anilines is 1. The molecule has 1 fully saturated rings. The van der Waals surface area contributed by atoms with Crippen molar-refractivity contribution in [3.8, 4) is 5.75 Å². The maximum atomic E-state index is 11.5. The summed E-state index contributed by atoms with van der Waals surface area (Å²) >= 11 is 0. The summed E-state index contributed by atoms with van der Waals surface area (Å²) in [7, 11) is 0. The molecule has 0 aromatic heterocycles. The summed E-state index contributed by atoms with van der Waals surface area (Å²) in [4.78, 5) is 34.3. The molecule has 1 aliphatic rings. The van der Waals surface area contributed by atoms with E-state index in [0.717, 1.165) is 0 Å². The van der Waals surface area contributed by atoms with E-state index in [9.17, 15) is 14.4 Å². The van der Waals surface area contributed by atoms with Crippen LogP contribution < -0.4 is 10.5 Å². The predicted octanol–water partition coefficient (Wildman–Crippen LogP) is 0.799. The number of rotatable bonds is 5. The van der Waals surface area contributed by atoms with E-state index in [1.807, 2.05) is 0 Å². The third kappa shape index (κ3) is 5.35. The molecular weight excluding hydrogens is 346 g/mol. The third-order valence-electron chi connectivity index (χ3n) is 3.44. The van der Waals surface area contributed by atoms with E-state index in [1.54, 1.807) is 24.3 Å². The molecule has 9 heteroatoms. The zero-order valence-electron chi connectivity index (χ0n) is 14.7. The average molecular weight is 367 g/mol. The summed E-state index contributed by atoms with van der Waals surface area (Å²) in [6.45, 7) is 3.50. The van der Waals surface area contributed by atoms with E-state index in [4.69, 9.17) is 29.4 Å². The lowest BCUT2D eigenvalue weighted by atomic mass is 10.0. The van der Waals surface area contributed by atoms with Crippen molar-refractivity contribution in [3.05, 3.63) is 24.3 Å². The summed E-state index contributed by atoms with van der Waals surface area (Å²) in [6.07, 6.45) is -4.22. The molecule has 0 aliphatic carbocycles. The Hall–Kier alpha value is -2.81. The number of ether oxygens (including phenoxy) is 5. The largest absolute Gasteiger partial charge is 0.461 e. The van der Waals surface area contributed by atoms with Gasteiger partial charge < -0.3 is 29.4 Å². The van der Waals surface area contributed by atoms with Crippen LogP contribution in [0.1, 0.15) is 20.8 Å². The van der Waals surface area contributed by atoms with Gasteiger partial charge in [0.05, 0.1) is 6.61 Å². The van der Waals surface area contributed by atoms with Gasteiger partial charge in [0, 0.05) is 26.5 Å². The van der Waals surface area contributed by atoms with E-state index in [0.29, 0.717) is 11.4 Å². The second-order valence-electron chi connectivity index (χ2n) is 5.68. The fourth-order valence-electron chi connectivity index (χ4n) is 2.49. The normalized spacial score (nSPS) is 25.0. The molecule has 2 N–H and O–H groups in total. The molecule has 1 aromatic carbocycles. The number of esters is 3. The first kappa shape index (κ1) is 19.5. The Morgan fingerprint density at radius 2 is 1.46 bits per heavy atom. The van der Waals surface area contributed by atoms with Crippen LogP contribution in [0.2, 0.25) is 0 Å². The highest BCUT2D eigenvalue weighted by Crippen LogP contribution is 2.27. The van der Waals surface area contributed by atoms with Gasteiger partial charge in [-0.1, -0.05) is 0 Å². The Morgan fingerprint density at radius 3 is 2.00 bits per heavy atom. The molecule has 142 valence electrons. The van der Waals surface area contributed by atoms with Gasteiger partial charge in [0.25, 0.3) is 0 Å². The molecule has 4 atom stereocenters. The van der Waals surface area contributed by atoms with Gasteiger partial charge in [0.2, 0.25) is 12.4 Å². The quantitative estimate of drug-likeness (QED) is 0.457. The first-order valence-corrected chi connectivity index (χ1v) is 7.91. The molecule has 1 aromatic rings. The Bertz CT molecular complexity index is 659. The fourth-order valence-corrected chi connectivity index (χ4v) is 2.49. The van der Waals surface area contributed by atoms with Crippen LogP contribution in [0.5, 0.6) is 5.75 Å². The summed E-state index contributed by atoms with van der Waals surface area (Å²) in [6, 6.07) is 6.49. The first-order chi connectivity index (χ1) is 12.3. The van der Waals surface area contributed by atoms with Crippen LogP contribution in [0.15, 0.2) is 24.3 Å².